The van der Waals surface area contributed by atoms with E-state index in [0.29, 0.717) is 11.0 Å². The van der Waals surface area contributed by atoms with Gasteiger partial charge in [0.25, 0.3) is 0 Å². The lowest BCUT2D eigenvalue weighted by Gasteiger charge is -2.13. The number of hydrogen-bond donors (Lipinski definition) is 2. The summed E-state index contributed by atoms with van der Waals surface area (Å²) in [5.41, 5.74) is 3.50. The van der Waals surface area contributed by atoms with Crippen LogP contribution in [0.1, 0.15) is 30.9 Å². The molecule has 0 unspecified atom stereocenters. The van der Waals surface area contributed by atoms with Crippen LogP contribution in [-0.4, -0.2) is 18.8 Å². The normalized spacial score (nSPS) is 10.4. The van der Waals surface area contributed by atoms with Gasteiger partial charge in [-0.2, -0.15) is 0 Å². The summed E-state index contributed by atoms with van der Waals surface area (Å²) in [6.45, 7) is 5.13. The van der Waals surface area contributed by atoms with Crippen molar-refractivity contribution in [3.05, 3.63) is 59.7 Å². The van der Waals surface area contributed by atoms with Crippen LogP contribution in [0, 0.1) is 0 Å². The molecule has 0 aliphatic carbocycles. The van der Waals surface area contributed by atoms with Gasteiger partial charge in [-0.25, -0.2) is 0 Å². The summed E-state index contributed by atoms with van der Waals surface area (Å²) in [7, 11) is 1.69. The minimum atomic E-state index is 0.537. The molecular weight excluding hydrogens is 304 g/mol. The smallest absolute Gasteiger partial charge is 0.170 e. The van der Waals surface area contributed by atoms with Gasteiger partial charge in [0, 0.05) is 12.2 Å². The van der Waals surface area contributed by atoms with Crippen LogP contribution < -0.4 is 15.4 Å². The van der Waals surface area contributed by atoms with Crippen molar-refractivity contribution in [1.82, 2.24) is 5.32 Å². The molecule has 2 aromatic carbocycles. The van der Waals surface area contributed by atoms with Gasteiger partial charge in [-0.3, -0.25) is 0 Å². The molecule has 122 valence electrons. The van der Waals surface area contributed by atoms with Crippen LogP contribution in [0.5, 0.6) is 5.75 Å². The molecule has 0 amide bonds. The molecule has 2 aromatic rings. The highest BCUT2D eigenvalue weighted by Gasteiger charge is 2.03. The third-order valence-corrected chi connectivity index (χ3v) is 3.95. The van der Waals surface area contributed by atoms with Crippen LogP contribution in [-0.2, 0) is 6.42 Å². The molecule has 0 atom stereocenters. The van der Waals surface area contributed by atoms with Crippen LogP contribution >= 0.6 is 12.2 Å². The zero-order valence-electron chi connectivity index (χ0n) is 13.9. The van der Waals surface area contributed by atoms with Gasteiger partial charge in [0.05, 0.1) is 7.11 Å². The average Bonchev–Trinajstić information content (AvgIpc) is 2.55. The first kappa shape index (κ1) is 17.3. The minimum Gasteiger partial charge on any atom is -0.496 e. The predicted molar refractivity (Wildman–Crippen MR) is 101 cm³/mol. The molecule has 2 rings (SSSR count). The number of para-hydroxylation sites is 1. The van der Waals surface area contributed by atoms with E-state index in [1.54, 1.807) is 7.11 Å². The summed E-state index contributed by atoms with van der Waals surface area (Å²) in [5, 5.41) is 7.08. The van der Waals surface area contributed by atoms with Crippen molar-refractivity contribution in [2.24, 2.45) is 0 Å². The maximum atomic E-state index is 5.35. The Bertz CT molecular complexity index is 638. The monoisotopic (exact) mass is 328 g/mol. The molecule has 0 radical (unpaired) electrons. The van der Waals surface area contributed by atoms with Gasteiger partial charge >= 0.3 is 0 Å². The molecule has 23 heavy (non-hydrogen) atoms. The first-order valence-electron chi connectivity index (χ1n) is 7.87. The summed E-state index contributed by atoms with van der Waals surface area (Å²) >= 11 is 5.34. The summed E-state index contributed by atoms with van der Waals surface area (Å²) in [5.74, 6) is 1.45. The van der Waals surface area contributed by atoms with E-state index < -0.39 is 0 Å². The van der Waals surface area contributed by atoms with Crippen LogP contribution in [0.25, 0.3) is 0 Å². The van der Waals surface area contributed by atoms with Gasteiger partial charge in [0.1, 0.15) is 5.75 Å². The van der Waals surface area contributed by atoms with E-state index in [2.05, 4.69) is 54.8 Å². The number of nitrogens with one attached hydrogen (secondary N) is 2. The molecule has 0 fully saturated rings. The number of hydrogen-bond acceptors (Lipinski definition) is 2. The molecule has 0 saturated carbocycles. The second kappa shape index (κ2) is 8.53. The Morgan fingerprint density at radius 2 is 1.78 bits per heavy atom. The molecule has 0 aliphatic rings. The van der Waals surface area contributed by atoms with Gasteiger partial charge in [0.2, 0.25) is 0 Å². The first-order chi connectivity index (χ1) is 11.1. The highest BCUT2D eigenvalue weighted by Crippen LogP contribution is 2.18. The maximum Gasteiger partial charge on any atom is 0.170 e. The Morgan fingerprint density at radius 1 is 1.09 bits per heavy atom. The summed E-state index contributed by atoms with van der Waals surface area (Å²) in [6, 6.07) is 16.4. The Kier molecular flexibility index (Phi) is 6.41. The Labute approximate surface area is 144 Å². The Morgan fingerprint density at radius 3 is 2.43 bits per heavy atom. The number of methoxy groups -OCH3 is 1. The third kappa shape index (κ3) is 5.25. The van der Waals surface area contributed by atoms with Crippen molar-refractivity contribution in [3.63, 3.8) is 0 Å². The zero-order chi connectivity index (χ0) is 16.7. The zero-order valence-corrected chi connectivity index (χ0v) is 14.7. The third-order valence-electron chi connectivity index (χ3n) is 3.71. The molecule has 0 aliphatic heterocycles. The molecule has 4 heteroatoms. The fraction of sp³-hybridized carbons (Fsp3) is 0.316. The number of thiocarbonyl (C=S) groups is 1. The molecule has 0 heterocycles. The lowest BCUT2D eigenvalue weighted by atomic mass is 10.0. The highest BCUT2D eigenvalue weighted by molar-refractivity contribution is 7.80. The quantitative estimate of drug-likeness (QED) is 0.773. The van der Waals surface area contributed by atoms with Gasteiger partial charge in [-0.1, -0.05) is 44.2 Å². The van der Waals surface area contributed by atoms with Crippen molar-refractivity contribution < 1.29 is 4.74 Å². The van der Waals surface area contributed by atoms with Crippen LogP contribution in [0.3, 0.4) is 0 Å². The van der Waals surface area contributed by atoms with E-state index >= 15 is 0 Å². The van der Waals surface area contributed by atoms with Crippen LogP contribution in [0.4, 0.5) is 5.69 Å². The lowest BCUT2D eigenvalue weighted by molar-refractivity contribution is 0.409. The van der Waals surface area contributed by atoms with E-state index in [-0.39, 0.29) is 0 Å². The van der Waals surface area contributed by atoms with Gasteiger partial charge < -0.3 is 15.4 Å². The number of rotatable bonds is 6. The molecule has 0 bridgehead atoms. The molecule has 2 N–H and O–H groups in total. The second-order valence-electron chi connectivity index (χ2n) is 5.72. The maximum absolute atomic E-state index is 5.35. The van der Waals surface area contributed by atoms with E-state index in [0.717, 1.165) is 24.4 Å². The van der Waals surface area contributed by atoms with Crippen molar-refractivity contribution in [1.29, 1.82) is 0 Å². The van der Waals surface area contributed by atoms with E-state index in [1.807, 2.05) is 18.2 Å². The number of benzene rings is 2. The summed E-state index contributed by atoms with van der Waals surface area (Å²) in [6.07, 6.45) is 0.859. The van der Waals surface area contributed by atoms with Crippen molar-refractivity contribution in [2.45, 2.75) is 26.2 Å². The van der Waals surface area contributed by atoms with Crippen molar-refractivity contribution in [3.8, 4) is 5.75 Å². The largest absolute Gasteiger partial charge is 0.496 e. The van der Waals surface area contributed by atoms with E-state index in [4.69, 9.17) is 17.0 Å². The lowest BCUT2D eigenvalue weighted by Crippen LogP contribution is -2.30. The molecule has 0 saturated heterocycles. The fourth-order valence-electron chi connectivity index (χ4n) is 2.35. The predicted octanol–water partition coefficient (Wildman–Crippen LogP) is 4.35. The van der Waals surface area contributed by atoms with Crippen molar-refractivity contribution >= 4 is 23.0 Å². The minimum absolute atomic E-state index is 0.537. The molecule has 0 aromatic heterocycles. The Hall–Kier alpha value is -2.07. The van der Waals surface area contributed by atoms with E-state index in [1.165, 1.54) is 11.1 Å². The number of anilines is 1. The highest BCUT2D eigenvalue weighted by atomic mass is 32.1. The van der Waals surface area contributed by atoms with Gasteiger partial charge in [-0.05, 0) is 53.9 Å². The number of ether oxygens (including phenoxy) is 1. The molecule has 3 nitrogen and oxygen atoms in total. The second-order valence-corrected chi connectivity index (χ2v) is 6.13. The average molecular weight is 328 g/mol. The molecular formula is C19H24N2OS. The fourth-order valence-corrected chi connectivity index (χ4v) is 2.57. The topological polar surface area (TPSA) is 33.3 Å². The standard InChI is InChI=1S/C19H24N2OS/c1-14(2)15-8-10-17(11-9-15)21-19(23)20-13-12-16-6-4-5-7-18(16)22-3/h4-11,14H,12-13H2,1-3H3,(H2,20,21,23). The molecule has 0 spiro atoms. The first-order valence-corrected chi connectivity index (χ1v) is 8.27. The SMILES string of the molecule is COc1ccccc1CCNC(=S)Nc1ccc(C(C)C)cc1. The van der Waals surface area contributed by atoms with Gasteiger partial charge in [-0.15, -0.1) is 0 Å². The summed E-state index contributed by atoms with van der Waals surface area (Å²) < 4.78 is 5.35. The van der Waals surface area contributed by atoms with Crippen LogP contribution in [0.15, 0.2) is 48.5 Å². The van der Waals surface area contributed by atoms with E-state index in [9.17, 15) is 0 Å². The Balaban J connectivity index is 1.81. The van der Waals surface area contributed by atoms with Gasteiger partial charge in [0.15, 0.2) is 5.11 Å². The van der Waals surface area contributed by atoms with Crippen LogP contribution in [0.2, 0.25) is 0 Å². The van der Waals surface area contributed by atoms with Crippen molar-refractivity contribution in [2.75, 3.05) is 19.0 Å². The summed E-state index contributed by atoms with van der Waals surface area (Å²) in [4.78, 5) is 0.